The van der Waals surface area contributed by atoms with E-state index in [0.29, 0.717) is 25.7 Å². The van der Waals surface area contributed by atoms with Gasteiger partial charge in [-0.1, -0.05) is 6.92 Å². The fourth-order valence-corrected chi connectivity index (χ4v) is 2.07. The summed E-state index contributed by atoms with van der Waals surface area (Å²) in [7, 11) is 0. The topological polar surface area (TPSA) is 66.4 Å². The summed E-state index contributed by atoms with van der Waals surface area (Å²) in [6.45, 7) is 4.02. The zero-order chi connectivity index (χ0) is 12.1. The van der Waals surface area contributed by atoms with Crippen LogP contribution in [0.15, 0.2) is 0 Å². The number of carboxylic acids is 1. The molecular formula is C12H21NO3. The highest BCUT2D eigenvalue weighted by atomic mass is 16.4. The van der Waals surface area contributed by atoms with Crippen LogP contribution in [0.3, 0.4) is 0 Å². The number of carbonyl (C=O) groups is 2. The van der Waals surface area contributed by atoms with Crippen molar-refractivity contribution in [2.24, 2.45) is 11.8 Å². The Hall–Kier alpha value is -1.06. The molecule has 16 heavy (non-hydrogen) atoms. The highest BCUT2D eigenvalue weighted by molar-refractivity contribution is 5.79. The second kappa shape index (κ2) is 5.87. The van der Waals surface area contributed by atoms with Crippen molar-refractivity contribution in [3.05, 3.63) is 0 Å². The van der Waals surface area contributed by atoms with Gasteiger partial charge in [0.05, 0.1) is 5.92 Å². The van der Waals surface area contributed by atoms with E-state index in [0.717, 1.165) is 6.42 Å². The summed E-state index contributed by atoms with van der Waals surface area (Å²) in [5.41, 5.74) is 0. The Morgan fingerprint density at radius 2 is 1.75 bits per heavy atom. The SMILES string of the molecule is CCC(C)NC(=O)C1CCC(C(=O)O)CC1. The molecule has 0 spiro atoms. The summed E-state index contributed by atoms with van der Waals surface area (Å²) in [6.07, 6.45) is 3.61. The quantitative estimate of drug-likeness (QED) is 0.769. The molecule has 0 bridgehead atoms. The summed E-state index contributed by atoms with van der Waals surface area (Å²) in [4.78, 5) is 22.5. The number of hydrogen-bond acceptors (Lipinski definition) is 2. The molecule has 4 nitrogen and oxygen atoms in total. The lowest BCUT2D eigenvalue weighted by Crippen LogP contribution is -2.38. The van der Waals surface area contributed by atoms with Gasteiger partial charge in [-0.25, -0.2) is 0 Å². The molecule has 1 aliphatic rings. The van der Waals surface area contributed by atoms with Gasteiger partial charge >= 0.3 is 5.97 Å². The van der Waals surface area contributed by atoms with Crippen LogP contribution >= 0.6 is 0 Å². The number of amides is 1. The number of nitrogens with one attached hydrogen (secondary N) is 1. The monoisotopic (exact) mass is 227 g/mol. The molecule has 0 aromatic carbocycles. The van der Waals surface area contributed by atoms with Gasteiger partial charge in [0, 0.05) is 12.0 Å². The van der Waals surface area contributed by atoms with Crippen molar-refractivity contribution in [2.45, 2.75) is 52.0 Å². The molecular weight excluding hydrogens is 206 g/mol. The third-order valence-corrected chi connectivity index (χ3v) is 3.45. The summed E-state index contributed by atoms with van der Waals surface area (Å²) in [6, 6.07) is 0.213. The van der Waals surface area contributed by atoms with E-state index in [1.165, 1.54) is 0 Å². The van der Waals surface area contributed by atoms with Crippen LogP contribution in [0, 0.1) is 11.8 Å². The van der Waals surface area contributed by atoms with E-state index in [4.69, 9.17) is 5.11 Å². The second-order valence-electron chi connectivity index (χ2n) is 4.70. The van der Waals surface area contributed by atoms with Gasteiger partial charge in [0.2, 0.25) is 5.91 Å². The van der Waals surface area contributed by atoms with Crippen molar-refractivity contribution in [1.29, 1.82) is 0 Å². The first kappa shape index (κ1) is 13.0. The molecule has 1 unspecified atom stereocenters. The molecule has 1 amide bonds. The molecule has 0 aromatic heterocycles. The highest BCUT2D eigenvalue weighted by Crippen LogP contribution is 2.29. The Morgan fingerprint density at radius 3 is 2.19 bits per heavy atom. The van der Waals surface area contributed by atoms with Crippen LogP contribution in [0.1, 0.15) is 46.0 Å². The van der Waals surface area contributed by atoms with Crippen LogP contribution in [0.25, 0.3) is 0 Å². The maximum absolute atomic E-state index is 11.8. The summed E-state index contributed by atoms with van der Waals surface area (Å²) >= 11 is 0. The number of rotatable bonds is 4. The fourth-order valence-electron chi connectivity index (χ4n) is 2.07. The van der Waals surface area contributed by atoms with Crippen LogP contribution in [-0.2, 0) is 9.59 Å². The maximum Gasteiger partial charge on any atom is 0.306 e. The van der Waals surface area contributed by atoms with Gasteiger partial charge in [-0.05, 0) is 39.0 Å². The third-order valence-electron chi connectivity index (χ3n) is 3.45. The molecule has 92 valence electrons. The van der Waals surface area contributed by atoms with Crippen molar-refractivity contribution < 1.29 is 14.7 Å². The first-order valence-corrected chi connectivity index (χ1v) is 6.07. The van der Waals surface area contributed by atoms with Crippen molar-refractivity contribution in [3.63, 3.8) is 0 Å². The smallest absolute Gasteiger partial charge is 0.306 e. The largest absolute Gasteiger partial charge is 0.481 e. The molecule has 1 atom stereocenters. The first-order valence-electron chi connectivity index (χ1n) is 6.07. The fraction of sp³-hybridized carbons (Fsp3) is 0.833. The van der Waals surface area contributed by atoms with Gasteiger partial charge in [0.1, 0.15) is 0 Å². The van der Waals surface area contributed by atoms with Gasteiger partial charge in [-0.2, -0.15) is 0 Å². The van der Waals surface area contributed by atoms with Gasteiger partial charge in [0.15, 0.2) is 0 Å². The lowest BCUT2D eigenvalue weighted by molar-refractivity contribution is -0.144. The van der Waals surface area contributed by atoms with E-state index in [1.807, 2.05) is 13.8 Å². The van der Waals surface area contributed by atoms with E-state index in [1.54, 1.807) is 0 Å². The predicted molar refractivity (Wildman–Crippen MR) is 61.0 cm³/mol. The Labute approximate surface area is 96.4 Å². The van der Waals surface area contributed by atoms with Crippen molar-refractivity contribution in [1.82, 2.24) is 5.32 Å². The van der Waals surface area contributed by atoms with Crippen molar-refractivity contribution in [2.75, 3.05) is 0 Å². The van der Waals surface area contributed by atoms with Gasteiger partial charge in [-0.15, -0.1) is 0 Å². The molecule has 4 heteroatoms. The molecule has 1 rings (SSSR count). The highest BCUT2D eigenvalue weighted by Gasteiger charge is 2.29. The number of carboxylic acid groups (broad SMARTS) is 1. The van der Waals surface area contributed by atoms with Gasteiger partial charge < -0.3 is 10.4 Å². The zero-order valence-corrected chi connectivity index (χ0v) is 10.0. The summed E-state index contributed by atoms with van der Waals surface area (Å²) in [5.74, 6) is -0.851. The molecule has 0 heterocycles. The van der Waals surface area contributed by atoms with E-state index in [2.05, 4.69) is 5.32 Å². The molecule has 0 aliphatic heterocycles. The minimum atomic E-state index is -0.721. The van der Waals surface area contributed by atoms with E-state index in [-0.39, 0.29) is 23.8 Å². The number of aliphatic carboxylic acids is 1. The molecule has 1 saturated carbocycles. The van der Waals surface area contributed by atoms with E-state index >= 15 is 0 Å². The van der Waals surface area contributed by atoms with Crippen LogP contribution < -0.4 is 5.32 Å². The Morgan fingerprint density at radius 1 is 1.25 bits per heavy atom. The Bertz CT molecular complexity index is 257. The van der Waals surface area contributed by atoms with E-state index in [9.17, 15) is 9.59 Å². The second-order valence-corrected chi connectivity index (χ2v) is 4.70. The molecule has 0 radical (unpaired) electrons. The Balaban J connectivity index is 2.36. The lowest BCUT2D eigenvalue weighted by Gasteiger charge is -2.26. The molecule has 2 N–H and O–H groups in total. The normalized spacial score (nSPS) is 27.1. The van der Waals surface area contributed by atoms with E-state index < -0.39 is 5.97 Å². The number of carbonyl (C=O) groups excluding carboxylic acids is 1. The predicted octanol–water partition coefficient (Wildman–Crippen LogP) is 1.79. The molecule has 0 aromatic rings. The maximum atomic E-state index is 11.8. The zero-order valence-electron chi connectivity index (χ0n) is 10.0. The molecule has 0 saturated heterocycles. The average molecular weight is 227 g/mol. The van der Waals surface area contributed by atoms with Crippen LogP contribution in [0.2, 0.25) is 0 Å². The van der Waals surface area contributed by atoms with Crippen LogP contribution in [0.4, 0.5) is 0 Å². The average Bonchev–Trinajstić information content (AvgIpc) is 2.28. The summed E-state index contributed by atoms with van der Waals surface area (Å²) < 4.78 is 0. The van der Waals surface area contributed by atoms with Crippen LogP contribution in [0.5, 0.6) is 0 Å². The van der Waals surface area contributed by atoms with Gasteiger partial charge in [-0.3, -0.25) is 9.59 Å². The summed E-state index contributed by atoms with van der Waals surface area (Å²) in [5, 5.41) is 11.8. The minimum absolute atomic E-state index is 0.0181. The molecule has 1 fully saturated rings. The molecule has 1 aliphatic carbocycles. The standard InChI is InChI=1S/C12H21NO3/c1-3-8(2)13-11(14)9-4-6-10(7-5-9)12(15)16/h8-10H,3-7H2,1-2H3,(H,13,14)(H,15,16). The van der Waals surface area contributed by atoms with Crippen molar-refractivity contribution in [3.8, 4) is 0 Å². The lowest BCUT2D eigenvalue weighted by atomic mass is 9.81. The Kier molecular flexibility index (Phi) is 4.77. The van der Waals surface area contributed by atoms with Crippen LogP contribution in [-0.4, -0.2) is 23.0 Å². The van der Waals surface area contributed by atoms with Gasteiger partial charge in [0.25, 0.3) is 0 Å². The van der Waals surface area contributed by atoms with Crippen molar-refractivity contribution >= 4 is 11.9 Å². The number of hydrogen-bond donors (Lipinski definition) is 2. The minimum Gasteiger partial charge on any atom is -0.481 e. The first-order chi connectivity index (χ1) is 7.54. The third kappa shape index (κ3) is 3.51.